The van der Waals surface area contributed by atoms with E-state index in [1.807, 2.05) is 18.8 Å². The summed E-state index contributed by atoms with van der Waals surface area (Å²) >= 11 is 3.51. The van der Waals surface area contributed by atoms with Crippen LogP contribution in [0.1, 0.15) is 17.4 Å². The molecule has 0 radical (unpaired) electrons. The molecule has 0 spiro atoms. The average molecular weight is 345 g/mol. The van der Waals surface area contributed by atoms with Crippen molar-refractivity contribution in [2.75, 3.05) is 7.05 Å². The Balaban J connectivity index is 1.93. The van der Waals surface area contributed by atoms with E-state index in [0.29, 0.717) is 0 Å². The van der Waals surface area contributed by atoms with E-state index in [4.69, 9.17) is 0 Å². The number of hydrogen-bond acceptors (Lipinski definition) is 3. The SMILES string of the molecule is CNC(Cc1ncnn1C)c1ccc2cc(Br)ccc2c1. The Morgan fingerprint density at radius 3 is 2.67 bits per heavy atom. The van der Waals surface area contributed by atoms with Crippen LogP contribution in [0.15, 0.2) is 47.2 Å². The monoisotopic (exact) mass is 344 g/mol. The van der Waals surface area contributed by atoms with Gasteiger partial charge in [-0.15, -0.1) is 0 Å². The molecule has 1 atom stereocenters. The molecule has 5 heteroatoms. The molecule has 108 valence electrons. The quantitative estimate of drug-likeness (QED) is 0.790. The smallest absolute Gasteiger partial charge is 0.138 e. The van der Waals surface area contributed by atoms with E-state index in [1.165, 1.54) is 16.3 Å². The van der Waals surface area contributed by atoms with Gasteiger partial charge in [-0.3, -0.25) is 4.68 Å². The Labute approximate surface area is 132 Å². The largest absolute Gasteiger partial charge is 0.313 e. The summed E-state index contributed by atoms with van der Waals surface area (Å²) in [4.78, 5) is 4.31. The van der Waals surface area contributed by atoms with Gasteiger partial charge in [-0.2, -0.15) is 5.10 Å². The van der Waals surface area contributed by atoms with Crippen LogP contribution >= 0.6 is 15.9 Å². The molecular weight excluding hydrogens is 328 g/mol. The zero-order chi connectivity index (χ0) is 14.8. The van der Waals surface area contributed by atoms with Gasteiger partial charge < -0.3 is 5.32 Å². The van der Waals surface area contributed by atoms with E-state index in [-0.39, 0.29) is 6.04 Å². The summed E-state index contributed by atoms with van der Waals surface area (Å²) in [6, 6.07) is 13.1. The van der Waals surface area contributed by atoms with Gasteiger partial charge in [-0.1, -0.05) is 34.1 Å². The molecular formula is C16H17BrN4. The van der Waals surface area contributed by atoms with Crippen LogP contribution in [0.4, 0.5) is 0 Å². The molecule has 0 amide bonds. The van der Waals surface area contributed by atoms with Gasteiger partial charge in [0.2, 0.25) is 0 Å². The van der Waals surface area contributed by atoms with Crippen LogP contribution in [0, 0.1) is 0 Å². The molecule has 1 unspecified atom stereocenters. The summed E-state index contributed by atoms with van der Waals surface area (Å²) in [6.07, 6.45) is 2.41. The predicted octanol–water partition coefficient (Wildman–Crippen LogP) is 3.23. The molecule has 1 N–H and O–H groups in total. The van der Waals surface area contributed by atoms with Crippen LogP contribution in [-0.4, -0.2) is 21.8 Å². The lowest BCUT2D eigenvalue weighted by molar-refractivity contribution is 0.554. The third-order valence-corrected chi connectivity index (χ3v) is 4.26. The highest BCUT2D eigenvalue weighted by atomic mass is 79.9. The van der Waals surface area contributed by atoms with Gasteiger partial charge in [0.15, 0.2) is 0 Å². The van der Waals surface area contributed by atoms with Crippen molar-refractivity contribution in [2.45, 2.75) is 12.5 Å². The van der Waals surface area contributed by atoms with E-state index in [1.54, 1.807) is 6.33 Å². The second kappa shape index (κ2) is 5.95. The lowest BCUT2D eigenvalue weighted by Crippen LogP contribution is -2.20. The first kappa shape index (κ1) is 14.2. The van der Waals surface area contributed by atoms with E-state index >= 15 is 0 Å². The number of rotatable bonds is 4. The fraction of sp³-hybridized carbons (Fsp3) is 0.250. The topological polar surface area (TPSA) is 42.7 Å². The minimum Gasteiger partial charge on any atom is -0.313 e. The van der Waals surface area contributed by atoms with Gasteiger partial charge in [0.1, 0.15) is 12.2 Å². The maximum atomic E-state index is 4.31. The molecule has 1 aromatic heterocycles. The minimum atomic E-state index is 0.223. The summed E-state index contributed by atoms with van der Waals surface area (Å²) in [5.41, 5.74) is 1.26. The van der Waals surface area contributed by atoms with Crippen molar-refractivity contribution in [1.29, 1.82) is 0 Å². The van der Waals surface area contributed by atoms with Crippen LogP contribution < -0.4 is 5.32 Å². The highest BCUT2D eigenvalue weighted by Crippen LogP contribution is 2.25. The highest BCUT2D eigenvalue weighted by molar-refractivity contribution is 9.10. The number of fused-ring (bicyclic) bond motifs is 1. The average Bonchev–Trinajstić information content (AvgIpc) is 2.89. The fourth-order valence-corrected chi connectivity index (χ4v) is 2.90. The first-order chi connectivity index (χ1) is 10.2. The summed E-state index contributed by atoms with van der Waals surface area (Å²) in [5, 5.41) is 9.98. The minimum absolute atomic E-state index is 0.223. The molecule has 3 rings (SSSR count). The number of hydrogen-bond donors (Lipinski definition) is 1. The zero-order valence-electron chi connectivity index (χ0n) is 12.0. The van der Waals surface area contributed by atoms with Gasteiger partial charge in [0.05, 0.1) is 0 Å². The third-order valence-electron chi connectivity index (χ3n) is 3.77. The molecule has 0 fully saturated rings. The Morgan fingerprint density at radius 1 is 1.19 bits per heavy atom. The van der Waals surface area contributed by atoms with Crippen LogP contribution in [0.3, 0.4) is 0 Å². The van der Waals surface area contributed by atoms with Gasteiger partial charge in [-0.05, 0) is 41.6 Å². The van der Waals surface area contributed by atoms with Crippen LogP contribution in [-0.2, 0) is 13.5 Å². The summed E-state index contributed by atoms with van der Waals surface area (Å²) < 4.78 is 2.93. The van der Waals surface area contributed by atoms with Gasteiger partial charge >= 0.3 is 0 Å². The van der Waals surface area contributed by atoms with Crippen molar-refractivity contribution in [1.82, 2.24) is 20.1 Å². The molecule has 0 bridgehead atoms. The molecule has 1 heterocycles. The molecule has 21 heavy (non-hydrogen) atoms. The summed E-state index contributed by atoms with van der Waals surface area (Å²) in [5.74, 6) is 0.977. The second-order valence-electron chi connectivity index (χ2n) is 5.10. The fourth-order valence-electron chi connectivity index (χ4n) is 2.53. The number of halogens is 1. The van der Waals surface area contributed by atoms with Crippen molar-refractivity contribution in [3.05, 3.63) is 58.6 Å². The number of nitrogens with zero attached hydrogens (tertiary/aromatic N) is 3. The van der Waals surface area contributed by atoms with Crippen molar-refractivity contribution in [2.24, 2.45) is 7.05 Å². The van der Waals surface area contributed by atoms with Crippen molar-refractivity contribution in [3.63, 3.8) is 0 Å². The Morgan fingerprint density at radius 2 is 1.95 bits per heavy atom. The number of likely N-dealkylation sites (N-methyl/N-ethyl adjacent to an activating group) is 1. The normalized spacial score (nSPS) is 12.7. The summed E-state index contributed by atoms with van der Waals surface area (Å²) in [6.45, 7) is 0. The third kappa shape index (κ3) is 2.99. The second-order valence-corrected chi connectivity index (χ2v) is 6.01. The molecule has 0 aliphatic rings. The molecule has 4 nitrogen and oxygen atoms in total. The first-order valence-corrected chi connectivity index (χ1v) is 7.66. The Kier molecular flexibility index (Phi) is 4.03. The van der Waals surface area contributed by atoms with Gasteiger partial charge in [-0.25, -0.2) is 4.98 Å². The number of aromatic nitrogens is 3. The van der Waals surface area contributed by atoms with Crippen LogP contribution in [0.25, 0.3) is 10.8 Å². The van der Waals surface area contributed by atoms with Crippen molar-refractivity contribution < 1.29 is 0 Å². The molecule has 0 aliphatic carbocycles. The van der Waals surface area contributed by atoms with E-state index < -0.39 is 0 Å². The van der Waals surface area contributed by atoms with E-state index in [2.05, 4.69) is 67.7 Å². The maximum absolute atomic E-state index is 4.31. The lowest BCUT2D eigenvalue weighted by Gasteiger charge is -2.17. The van der Waals surface area contributed by atoms with Crippen LogP contribution in [0.2, 0.25) is 0 Å². The van der Waals surface area contributed by atoms with Crippen LogP contribution in [0.5, 0.6) is 0 Å². The number of aryl methyl sites for hydroxylation is 1. The van der Waals surface area contributed by atoms with Gasteiger partial charge in [0, 0.05) is 24.0 Å². The highest BCUT2D eigenvalue weighted by Gasteiger charge is 2.13. The molecule has 0 aliphatic heterocycles. The molecule has 2 aromatic carbocycles. The van der Waals surface area contributed by atoms with E-state index in [9.17, 15) is 0 Å². The zero-order valence-corrected chi connectivity index (χ0v) is 13.6. The lowest BCUT2D eigenvalue weighted by atomic mass is 9.99. The number of benzene rings is 2. The van der Waals surface area contributed by atoms with Gasteiger partial charge in [0.25, 0.3) is 0 Å². The predicted molar refractivity (Wildman–Crippen MR) is 88.2 cm³/mol. The Bertz CT molecular complexity index is 766. The molecule has 3 aromatic rings. The summed E-state index contributed by atoms with van der Waals surface area (Å²) in [7, 11) is 3.90. The Hall–Kier alpha value is -1.72. The van der Waals surface area contributed by atoms with Crippen molar-refractivity contribution >= 4 is 26.7 Å². The first-order valence-electron chi connectivity index (χ1n) is 6.87. The number of nitrogens with one attached hydrogen (secondary N) is 1. The molecule has 0 saturated heterocycles. The molecule has 0 saturated carbocycles. The maximum Gasteiger partial charge on any atom is 0.138 e. The van der Waals surface area contributed by atoms with E-state index in [0.717, 1.165) is 16.7 Å². The van der Waals surface area contributed by atoms with Crippen molar-refractivity contribution in [3.8, 4) is 0 Å². The standard InChI is InChI=1S/C16H17BrN4/c1-18-15(9-16-19-10-20-21(16)2)13-4-3-12-8-14(17)6-5-11(12)7-13/h3-8,10,15,18H,9H2,1-2H3.